The number of piperazine rings is 1. The smallest absolute Gasteiger partial charge is 0.253 e. The van der Waals surface area contributed by atoms with Crippen LogP contribution in [0.5, 0.6) is 0 Å². The Hall–Kier alpha value is -3.19. The second kappa shape index (κ2) is 10.2. The van der Waals surface area contributed by atoms with Crippen LogP contribution in [0.3, 0.4) is 0 Å². The van der Waals surface area contributed by atoms with E-state index in [1.54, 1.807) is 4.90 Å². The van der Waals surface area contributed by atoms with Gasteiger partial charge in [0.05, 0.1) is 6.54 Å². The molecule has 0 radical (unpaired) electrons. The van der Waals surface area contributed by atoms with Gasteiger partial charge in [0.1, 0.15) is 0 Å². The number of nitrogens with zero attached hydrogens (tertiary/aromatic N) is 3. The van der Waals surface area contributed by atoms with Crippen molar-refractivity contribution >= 4 is 29.1 Å². The third-order valence-corrected chi connectivity index (χ3v) is 6.65. The van der Waals surface area contributed by atoms with Gasteiger partial charge in [-0.2, -0.15) is 0 Å². The van der Waals surface area contributed by atoms with Gasteiger partial charge in [-0.05, 0) is 68.1 Å². The standard InChI is InChI=1S/C26H32N4O3/c1-19-6-5-7-23(20(19)2)27-24(31)18-28-14-16-29(17-15-28)26(33)21-9-11-22(12-10-21)30-13-4-3-8-25(30)32/h5-7,9-12H,3-4,8,13-18H2,1-2H3,(H,27,31). The molecule has 0 spiro atoms. The van der Waals surface area contributed by atoms with Crippen molar-refractivity contribution in [3.63, 3.8) is 0 Å². The first-order chi connectivity index (χ1) is 15.9. The van der Waals surface area contributed by atoms with Crippen LogP contribution in [0.4, 0.5) is 11.4 Å². The molecule has 0 saturated carbocycles. The highest BCUT2D eigenvalue weighted by Crippen LogP contribution is 2.22. The lowest BCUT2D eigenvalue weighted by molar-refractivity contribution is -0.119. The molecule has 174 valence electrons. The van der Waals surface area contributed by atoms with Crippen LogP contribution in [0.15, 0.2) is 42.5 Å². The highest BCUT2D eigenvalue weighted by molar-refractivity contribution is 5.97. The molecule has 2 heterocycles. The van der Waals surface area contributed by atoms with Crippen LogP contribution < -0.4 is 10.2 Å². The van der Waals surface area contributed by atoms with Crippen molar-refractivity contribution in [1.82, 2.24) is 9.80 Å². The maximum absolute atomic E-state index is 12.9. The van der Waals surface area contributed by atoms with Gasteiger partial charge in [0.15, 0.2) is 0 Å². The number of anilines is 2. The SMILES string of the molecule is Cc1cccc(NC(=O)CN2CCN(C(=O)c3ccc(N4CCCCC4=O)cc3)CC2)c1C. The average molecular weight is 449 g/mol. The van der Waals surface area contributed by atoms with Crippen LogP contribution in [0, 0.1) is 13.8 Å². The third kappa shape index (κ3) is 5.42. The molecule has 0 atom stereocenters. The summed E-state index contributed by atoms with van der Waals surface area (Å²) < 4.78 is 0. The number of carbonyl (C=O) groups is 3. The van der Waals surface area contributed by atoms with Gasteiger partial charge in [-0.15, -0.1) is 0 Å². The molecule has 2 saturated heterocycles. The van der Waals surface area contributed by atoms with E-state index in [0.29, 0.717) is 44.7 Å². The lowest BCUT2D eigenvalue weighted by atomic mass is 10.1. The predicted octanol–water partition coefficient (Wildman–Crippen LogP) is 3.22. The molecule has 0 aromatic heterocycles. The van der Waals surface area contributed by atoms with Crippen molar-refractivity contribution < 1.29 is 14.4 Å². The molecule has 1 N–H and O–H groups in total. The van der Waals surface area contributed by atoms with E-state index in [0.717, 1.165) is 41.9 Å². The number of carbonyl (C=O) groups excluding carboxylic acids is 3. The molecule has 0 bridgehead atoms. The highest BCUT2D eigenvalue weighted by atomic mass is 16.2. The monoisotopic (exact) mass is 448 g/mol. The van der Waals surface area contributed by atoms with Crippen LogP contribution in [0.1, 0.15) is 40.7 Å². The summed E-state index contributed by atoms with van der Waals surface area (Å²) in [5.41, 5.74) is 4.57. The molecule has 0 aliphatic carbocycles. The Balaban J connectivity index is 1.27. The Morgan fingerprint density at radius 1 is 0.909 bits per heavy atom. The van der Waals surface area contributed by atoms with Crippen molar-refractivity contribution in [2.24, 2.45) is 0 Å². The summed E-state index contributed by atoms with van der Waals surface area (Å²) in [6.07, 6.45) is 2.55. The summed E-state index contributed by atoms with van der Waals surface area (Å²) in [5.74, 6) is 0.107. The minimum atomic E-state index is -0.0358. The first-order valence-corrected chi connectivity index (χ1v) is 11.7. The van der Waals surface area contributed by atoms with E-state index in [4.69, 9.17) is 0 Å². The summed E-state index contributed by atoms with van der Waals surface area (Å²) in [5, 5.41) is 3.00. The van der Waals surface area contributed by atoms with Gasteiger partial charge in [0.2, 0.25) is 11.8 Å². The van der Waals surface area contributed by atoms with Crippen molar-refractivity contribution in [2.45, 2.75) is 33.1 Å². The van der Waals surface area contributed by atoms with Crippen LogP contribution in [-0.2, 0) is 9.59 Å². The zero-order valence-electron chi connectivity index (χ0n) is 19.5. The predicted molar refractivity (Wildman–Crippen MR) is 130 cm³/mol. The molecule has 2 aromatic carbocycles. The number of hydrogen-bond donors (Lipinski definition) is 1. The van der Waals surface area contributed by atoms with E-state index in [1.807, 2.05) is 61.2 Å². The first-order valence-electron chi connectivity index (χ1n) is 11.7. The number of piperidine rings is 1. The summed E-state index contributed by atoms with van der Waals surface area (Å²) in [6, 6.07) is 13.2. The maximum Gasteiger partial charge on any atom is 0.253 e. The molecule has 7 heteroatoms. The zero-order valence-corrected chi connectivity index (χ0v) is 19.5. The summed E-state index contributed by atoms with van der Waals surface area (Å²) in [6.45, 7) is 7.58. The molecule has 2 aromatic rings. The van der Waals surface area contributed by atoms with Crippen molar-refractivity contribution in [3.8, 4) is 0 Å². The highest BCUT2D eigenvalue weighted by Gasteiger charge is 2.24. The Labute approximate surface area is 195 Å². The van der Waals surface area contributed by atoms with E-state index < -0.39 is 0 Å². The molecule has 4 rings (SSSR count). The van der Waals surface area contributed by atoms with Gasteiger partial charge in [0.25, 0.3) is 5.91 Å². The second-order valence-electron chi connectivity index (χ2n) is 8.91. The van der Waals surface area contributed by atoms with Crippen LogP contribution >= 0.6 is 0 Å². The number of rotatable bonds is 5. The Morgan fingerprint density at radius 3 is 2.33 bits per heavy atom. The van der Waals surface area contributed by atoms with Crippen LogP contribution in [0.2, 0.25) is 0 Å². The molecule has 0 unspecified atom stereocenters. The topological polar surface area (TPSA) is 73.0 Å². The van der Waals surface area contributed by atoms with Gasteiger partial charge in [-0.1, -0.05) is 12.1 Å². The number of nitrogens with one attached hydrogen (secondary N) is 1. The number of hydrogen-bond acceptors (Lipinski definition) is 4. The second-order valence-corrected chi connectivity index (χ2v) is 8.91. The quantitative estimate of drug-likeness (QED) is 0.762. The number of aryl methyl sites for hydroxylation is 1. The van der Waals surface area contributed by atoms with Crippen LogP contribution in [0.25, 0.3) is 0 Å². The minimum Gasteiger partial charge on any atom is -0.336 e. The van der Waals surface area contributed by atoms with E-state index in [-0.39, 0.29) is 17.7 Å². The Bertz CT molecular complexity index is 1030. The number of amides is 3. The third-order valence-electron chi connectivity index (χ3n) is 6.65. The van der Waals surface area contributed by atoms with Gasteiger partial charge >= 0.3 is 0 Å². The Kier molecular flexibility index (Phi) is 7.08. The first kappa shape index (κ1) is 23.0. The molecule has 2 fully saturated rings. The van der Waals surface area contributed by atoms with E-state index in [1.165, 1.54) is 0 Å². The maximum atomic E-state index is 12.9. The van der Waals surface area contributed by atoms with Crippen molar-refractivity contribution in [3.05, 3.63) is 59.2 Å². The molecule has 33 heavy (non-hydrogen) atoms. The Morgan fingerprint density at radius 2 is 1.64 bits per heavy atom. The largest absolute Gasteiger partial charge is 0.336 e. The van der Waals surface area contributed by atoms with E-state index in [2.05, 4.69) is 10.2 Å². The molecular formula is C26H32N4O3. The van der Waals surface area contributed by atoms with Gasteiger partial charge in [0, 0.05) is 56.1 Å². The lowest BCUT2D eigenvalue weighted by Gasteiger charge is -2.34. The van der Waals surface area contributed by atoms with Gasteiger partial charge in [-0.25, -0.2) is 0 Å². The lowest BCUT2D eigenvalue weighted by Crippen LogP contribution is -2.50. The van der Waals surface area contributed by atoms with E-state index >= 15 is 0 Å². The summed E-state index contributed by atoms with van der Waals surface area (Å²) in [4.78, 5) is 43.3. The van der Waals surface area contributed by atoms with Crippen molar-refractivity contribution in [1.29, 1.82) is 0 Å². The van der Waals surface area contributed by atoms with Gasteiger partial charge in [-0.3, -0.25) is 19.3 Å². The molecule has 7 nitrogen and oxygen atoms in total. The summed E-state index contributed by atoms with van der Waals surface area (Å²) in [7, 11) is 0. The van der Waals surface area contributed by atoms with E-state index in [9.17, 15) is 14.4 Å². The summed E-state index contributed by atoms with van der Waals surface area (Å²) >= 11 is 0. The molecule has 2 aliphatic heterocycles. The molecule has 2 aliphatic rings. The normalized spacial score (nSPS) is 17.2. The average Bonchev–Trinajstić information content (AvgIpc) is 2.82. The molecular weight excluding hydrogens is 416 g/mol. The van der Waals surface area contributed by atoms with Crippen molar-refractivity contribution in [2.75, 3.05) is 49.5 Å². The van der Waals surface area contributed by atoms with Crippen LogP contribution in [-0.4, -0.2) is 66.8 Å². The fourth-order valence-electron chi connectivity index (χ4n) is 4.43. The minimum absolute atomic E-state index is 0.00833. The fourth-order valence-corrected chi connectivity index (χ4v) is 4.43. The molecule has 3 amide bonds. The number of benzene rings is 2. The van der Waals surface area contributed by atoms with Gasteiger partial charge < -0.3 is 15.1 Å². The fraction of sp³-hybridized carbons (Fsp3) is 0.423. The zero-order chi connectivity index (χ0) is 23.4.